The topological polar surface area (TPSA) is 12.6 Å². The number of nitrogens with zero attached hydrogens (tertiary/aromatic N) is 3. The van der Waals surface area contributed by atoms with Gasteiger partial charge in [-0.25, -0.2) is 0 Å². The maximum Gasteiger partial charge on any atom is 0.252 e. The number of benzene rings is 13. The summed E-state index contributed by atoms with van der Waals surface area (Å²) >= 11 is 0. The van der Waals surface area contributed by atoms with Crippen molar-refractivity contribution < 1.29 is 20.6 Å². The third-order valence-electron chi connectivity index (χ3n) is 17.1. The van der Waals surface area contributed by atoms with Gasteiger partial charge in [-0.15, -0.1) is 0 Å². The predicted molar refractivity (Wildman–Crippen MR) is 349 cm³/mol. The standard InChI is InChI=1S/C78H48BN3/c1-5-20-49(21-6-1)53-36-40-57(41-37-53)80-71-47-55(51-24-9-3-10-25-51)38-42-67(71)79-68-46-56(52-26-11-4-12-27-52)45-66-65-44-54(50-22-7-2-8-23-50)39-43-70(65)82(77(66)68)73-48-72-74(78(80)75(73)79)64-34-19-33-63-61-31-16-14-29-59(61)58-28-13-15-30-60(58)62-32-17-18-35-69(62)81(72)76(63)64/h1-48H/i2D,3D,4D,7D,8D,9D,10D,11D,12D,22D,23D,24D,25D,26D,27D. The Labute approximate surface area is 495 Å². The van der Waals surface area contributed by atoms with Gasteiger partial charge in [0.1, 0.15) is 0 Å². The summed E-state index contributed by atoms with van der Waals surface area (Å²) in [5, 5.41) is 9.02. The fourth-order valence-corrected chi connectivity index (χ4v) is 13.7. The van der Waals surface area contributed by atoms with Crippen molar-refractivity contribution in [3.05, 3.63) is 291 Å². The molecule has 0 saturated heterocycles. The zero-order valence-electron chi connectivity index (χ0n) is 58.5. The fourth-order valence-electron chi connectivity index (χ4n) is 13.7. The van der Waals surface area contributed by atoms with Gasteiger partial charge in [-0.1, -0.05) is 242 Å². The SMILES string of the molecule is [2H]c1c([2H])c([2H])c(-c2ccc3c(c2)N(c2ccc(-c4ccccc4)cc2)c2c4c(cc5c2c2cccc6c7ccccc7c7ccccc7c7ccccc7n5c62)-n2c5ccc(-c6c([2H])c([2H])c([2H])c([2H])c6[2H])cc5c5cc(-c6c([2H])c([2H])c([2H])c([2H])c6[2H])cc(c52)B34)c([2H])c1[2H]. The van der Waals surface area contributed by atoms with Crippen LogP contribution in [0.2, 0.25) is 0 Å². The highest BCUT2D eigenvalue weighted by atomic mass is 15.2. The van der Waals surface area contributed by atoms with Gasteiger partial charge in [0.15, 0.2) is 0 Å². The van der Waals surface area contributed by atoms with Gasteiger partial charge >= 0.3 is 0 Å². The molecule has 4 heteroatoms. The predicted octanol–water partition coefficient (Wildman–Crippen LogP) is 18.6. The summed E-state index contributed by atoms with van der Waals surface area (Å²) in [4.78, 5) is 2.24. The van der Waals surface area contributed by atoms with Gasteiger partial charge in [0, 0.05) is 54.9 Å². The summed E-state index contributed by atoms with van der Waals surface area (Å²) in [7, 11) is 0. The van der Waals surface area contributed by atoms with E-state index in [0.29, 0.717) is 49.6 Å². The van der Waals surface area contributed by atoms with Crippen LogP contribution in [-0.2, 0) is 0 Å². The van der Waals surface area contributed by atoms with Gasteiger partial charge in [-0.3, -0.25) is 0 Å². The molecule has 5 heterocycles. The summed E-state index contributed by atoms with van der Waals surface area (Å²) in [5.41, 5.74) is 12.0. The summed E-state index contributed by atoms with van der Waals surface area (Å²) in [6.45, 7) is -0.761. The first-order valence-electron chi connectivity index (χ1n) is 34.8. The van der Waals surface area contributed by atoms with Crippen LogP contribution in [0.1, 0.15) is 20.6 Å². The molecule has 0 bridgehead atoms. The van der Waals surface area contributed by atoms with Crippen molar-refractivity contribution in [2.24, 2.45) is 0 Å². The van der Waals surface area contributed by atoms with Crippen LogP contribution < -0.4 is 21.3 Å². The van der Waals surface area contributed by atoms with E-state index in [1.807, 2.05) is 54.6 Å². The first kappa shape index (κ1) is 33.0. The lowest BCUT2D eigenvalue weighted by molar-refractivity contribution is 1.18. The van der Waals surface area contributed by atoms with Crippen LogP contribution in [-0.4, -0.2) is 15.7 Å². The van der Waals surface area contributed by atoms with Gasteiger partial charge in [0.25, 0.3) is 6.71 Å². The van der Waals surface area contributed by atoms with E-state index in [1.54, 1.807) is 12.1 Å². The molecule has 0 saturated carbocycles. The van der Waals surface area contributed by atoms with Crippen molar-refractivity contribution in [1.29, 1.82) is 0 Å². The third-order valence-corrected chi connectivity index (χ3v) is 17.1. The minimum absolute atomic E-state index is 0.00777. The average Bonchev–Trinajstić information content (AvgIpc) is 1.61. The first-order valence-corrected chi connectivity index (χ1v) is 27.3. The molecule has 0 unspecified atom stereocenters. The number of hydrogen-bond donors (Lipinski definition) is 0. The molecular formula is C78H48BN3. The number of hydrogen-bond acceptors (Lipinski definition) is 1. The van der Waals surface area contributed by atoms with Gasteiger partial charge < -0.3 is 13.9 Å². The number of aromatic nitrogens is 2. The van der Waals surface area contributed by atoms with E-state index in [4.69, 9.17) is 12.3 Å². The number of para-hydroxylation sites is 2. The van der Waals surface area contributed by atoms with E-state index < -0.39 is 73.2 Å². The molecule has 0 fully saturated rings. The van der Waals surface area contributed by atoms with Crippen LogP contribution in [0.25, 0.3) is 132 Å². The second-order valence-corrected chi connectivity index (χ2v) is 21.2. The maximum absolute atomic E-state index is 9.54. The molecule has 0 atom stereocenters. The smallest absolute Gasteiger partial charge is 0.252 e. The average molecular weight is 1050 g/mol. The van der Waals surface area contributed by atoms with E-state index in [1.165, 1.54) is 0 Å². The Morgan fingerprint density at radius 1 is 0.305 bits per heavy atom. The maximum atomic E-state index is 9.54. The normalized spacial score (nSPS) is 15.1. The van der Waals surface area contributed by atoms with Crippen LogP contribution in [0.3, 0.4) is 0 Å². The molecule has 378 valence electrons. The summed E-state index contributed by atoms with van der Waals surface area (Å²) < 4.78 is 140. The van der Waals surface area contributed by atoms with Gasteiger partial charge in [0.2, 0.25) is 0 Å². The van der Waals surface area contributed by atoms with Crippen LogP contribution in [0.4, 0.5) is 17.1 Å². The van der Waals surface area contributed by atoms with Crippen LogP contribution in [0, 0.1) is 0 Å². The van der Waals surface area contributed by atoms with E-state index >= 15 is 0 Å². The Balaban J connectivity index is 1.09. The molecule has 18 rings (SSSR count). The van der Waals surface area contributed by atoms with Crippen molar-refractivity contribution >= 4 is 122 Å². The summed E-state index contributed by atoms with van der Waals surface area (Å²) in [6.07, 6.45) is 0. The van der Waals surface area contributed by atoms with Crippen molar-refractivity contribution in [2.45, 2.75) is 0 Å². The fraction of sp³-hybridized carbons (Fsp3) is 0. The Hall–Kier alpha value is -10.7. The molecule has 0 spiro atoms. The van der Waals surface area contributed by atoms with Crippen LogP contribution >= 0.6 is 0 Å². The highest BCUT2D eigenvalue weighted by molar-refractivity contribution is 7.00. The van der Waals surface area contributed by atoms with Crippen molar-refractivity contribution in [1.82, 2.24) is 8.97 Å². The van der Waals surface area contributed by atoms with E-state index in [2.05, 4.69) is 147 Å². The zero-order chi connectivity index (χ0) is 66.6. The largest absolute Gasteiger partial charge is 0.311 e. The van der Waals surface area contributed by atoms with Crippen molar-refractivity contribution in [3.63, 3.8) is 0 Å². The molecule has 2 aliphatic heterocycles. The van der Waals surface area contributed by atoms with Crippen molar-refractivity contribution in [3.8, 4) is 50.2 Å². The molecule has 82 heavy (non-hydrogen) atoms. The lowest BCUT2D eigenvalue weighted by Crippen LogP contribution is -2.60. The van der Waals surface area contributed by atoms with Gasteiger partial charge in [-0.05, 0) is 131 Å². The zero-order valence-corrected chi connectivity index (χ0v) is 43.5. The Kier molecular flexibility index (Phi) is 7.02. The van der Waals surface area contributed by atoms with Crippen LogP contribution in [0.5, 0.6) is 0 Å². The first-order chi connectivity index (χ1) is 46.9. The summed E-state index contributed by atoms with van der Waals surface area (Å²) in [6, 6.07) is 60.4. The summed E-state index contributed by atoms with van der Waals surface area (Å²) in [5.74, 6) is 0. The Bertz CT molecular complexity index is 6260. The lowest BCUT2D eigenvalue weighted by atomic mass is 9.33. The molecule has 0 aliphatic carbocycles. The molecule has 2 aliphatic rings. The quantitative estimate of drug-likeness (QED) is 0.157. The Morgan fingerprint density at radius 3 is 1.54 bits per heavy atom. The highest BCUT2D eigenvalue weighted by Crippen LogP contribution is 2.50. The van der Waals surface area contributed by atoms with Crippen LogP contribution in [0.15, 0.2) is 291 Å². The lowest BCUT2D eigenvalue weighted by Gasteiger charge is -2.41. The number of fused-ring (bicyclic) bond motifs is 18. The molecule has 3 nitrogen and oxygen atoms in total. The molecular weight excluding hydrogens is 990 g/mol. The molecule has 13 aromatic carbocycles. The molecule has 0 radical (unpaired) electrons. The minimum atomic E-state index is -0.761. The van der Waals surface area contributed by atoms with E-state index in [9.17, 15) is 8.22 Å². The van der Waals surface area contributed by atoms with E-state index in [-0.39, 0.29) is 40.9 Å². The number of rotatable bonds is 5. The van der Waals surface area contributed by atoms with E-state index in [0.717, 1.165) is 98.8 Å². The second kappa shape index (κ2) is 17.4. The third kappa shape index (κ3) is 6.43. The minimum Gasteiger partial charge on any atom is -0.311 e. The molecule has 3 aromatic heterocycles. The molecule has 0 N–H and O–H groups in total. The van der Waals surface area contributed by atoms with Crippen molar-refractivity contribution in [2.75, 3.05) is 4.90 Å². The second-order valence-electron chi connectivity index (χ2n) is 21.2. The number of anilines is 3. The highest BCUT2D eigenvalue weighted by Gasteiger charge is 2.44. The van der Waals surface area contributed by atoms with Gasteiger partial charge in [0.05, 0.1) is 48.3 Å². The van der Waals surface area contributed by atoms with Gasteiger partial charge in [-0.2, -0.15) is 0 Å². The molecule has 16 aromatic rings. The molecule has 0 amide bonds. The Morgan fingerprint density at radius 2 is 0.841 bits per heavy atom. The monoisotopic (exact) mass is 1050 g/mol.